The van der Waals surface area contributed by atoms with E-state index in [0.717, 1.165) is 31.3 Å². The Hall–Kier alpha value is -6.17. The first-order valence-corrected chi connectivity index (χ1v) is 19.1. The summed E-state index contributed by atoms with van der Waals surface area (Å²) in [5, 5.41) is 3.90. The number of aliphatic imine (C=N–C) groups is 1. The largest absolute Gasteiger partial charge is 0.533 e. The topological polar surface area (TPSA) is 106 Å². The van der Waals surface area contributed by atoms with Crippen LogP contribution < -0.4 is 22.6 Å². The molecule has 0 saturated carbocycles. The maximum atomic E-state index is 6.63. The van der Waals surface area contributed by atoms with Gasteiger partial charge in [0.2, 0.25) is 17.6 Å². The maximum Gasteiger partial charge on any atom is 0.533 e. The molecule has 0 amide bonds. The predicted molar refractivity (Wildman–Crippen MR) is 206 cm³/mol. The van der Waals surface area contributed by atoms with Crippen LogP contribution in [0.15, 0.2) is 184 Å². The van der Waals surface area contributed by atoms with Crippen LogP contribution in [0.25, 0.3) is 21.5 Å². The van der Waals surface area contributed by atoms with E-state index in [1.165, 1.54) is 11.8 Å². The number of rotatable bonds is 14. The van der Waals surface area contributed by atoms with Crippen molar-refractivity contribution in [2.24, 2.45) is 4.99 Å². The van der Waals surface area contributed by atoms with Gasteiger partial charge in [0.15, 0.2) is 0 Å². The second kappa shape index (κ2) is 16.4. The molecule has 0 aliphatic carbocycles. The molecule has 1 aliphatic rings. The lowest BCUT2D eigenvalue weighted by Crippen LogP contribution is -2.04. The van der Waals surface area contributed by atoms with Gasteiger partial charge in [0, 0.05) is 49.1 Å². The molecular weight excluding hydrogens is 726 g/mol. The molecule has 1 unspecified atom stereocenters. The summed E-state index contributed by atoms with van der Waals surface area (Å²) >= 11 is 1.48. The highest BCUT2D eigenvalue weighted by Crippen LogP contribution is 2.53. The van der Waals surface area contributed by atoms with Crippen LogP contribution in [0.4, 0.5) is 0 Å². The van der Waals surface area contributed by atoms with Gasteiger partial charge < -0.3 is 27.1 Å². The van der Waals surface area contributed by atoms with Crippen molar-refractivity contribution in [2.45, 2.75) is 9.79 Å². The summed E-state index contributed by atoms with van der Waals surface area (Å²) in [6.07, 6.45) is 8.11. The first kappa shape index (κ1) is 33.9. The summed E-state index contributed by atoms with van der Waals surface area (Å²) in [5.74, 6) is 2.21. The number of aromatic nitrogens is 3. The summed E-state index contributed by atoms with van der Waals surface area (Å²) in [7, 11) is -4.20. The standard InChI is InChI=1S/C40H26N4O6P2S/c1-3-15-31-29(13-1)21-23-33(45-51(47-35-17-5-9-25-41-35)48-36-18-6-10-26-42-36)39(31)53-40-32-16-4-2-14-30(32)22-24-34(40)46-52(49-37-19-7-11-27-43-37)50-38-20-8-12-28-44-38/h1-7,9-19,21-28H. The van der Waals surface area contributed by atoms with E-state index < -0.39 is 17.2 Å². The van der Waals surface area contributed by atoms with Crippen LogP contribution in [-0.2, 0) is 4.52 Å². The van der Waals surface area contributed by atoms with Gasteiger partial charge >= 0.3 is 17.2 Å². The van der Waals surface area contributed by atoms with Gasteiger partial charge in [0.05, 0.1) is 9.79 Å². The van der Waals surface area contributed by atoms with Crippen molar-refractivity contribution in [1.29, 1.82) is 0 Å². The van der Waals surface area contributed by atoms with Crippen molar-refractivity contribution in [3.05, 3.63) is 169 Å². The molecule has 13 heteroatoms. The minimum absolute atomic E-state index is 0.170. The normalized spacial score (nSPS) is 12.4. The Balaban J connectivity index is 1.20. The molecule has 0 bridgehead atoms. The molecular formula is C40H26N4O6P2S. The first-order chi connectivity index (χ1) is 26.2. The third-order valence-corrected chi connectivity index (χ3v) is 10.6. The molecule has 0 saturated heterocycles. The van der Waals surface area contributed by atoms with Crippen LogP contribution in [0.5, 0.6) is 29.1 Å². The minimum atomic E-state index is -2.12. The van der Waals surface area contributed by atoms with Crippen LogP contribution in [0.3, 0.4) is 0 Å². The van der Waals surface area contributed by atoms with Crippen molar-refractivity contribution < 1.29 is 27.1 Å². The van der Waals surface area contributed by atoms with E-state index in [4.69, 9.17) is 27.1 Å². The molecule has 1 atom stereocenters. The predicted octanol–water partition coefficient (Wildman–Crippen LogP) is 11.0. The summed E-state index contributed by atoms with van der Waals surface area (Å²) in [6.45, 7) is 0. The van der Waals surface area contributed by atoms with Gasteiger partial charge in [0.1, 0.15) is 11.5 Å². The number of fused-ring (bicyclic) bond motifs is 2. The average Bonchev–Trinajstić information content (AvgIpc) is 3.21. The lowest BCUT2D eigenvalue weighted by Gasteiger charge is -2.21. The second-order valence-electron chi connectivity index (χ2n) is 10.8. The van der Waals surface area contributed by atoms with Crippen LogP contribution in [-0.4, -0.2) is 21.2 Å². The average molecular weight is 753 g/mol. The van der Waals surface area contributed by atoms with Gasteiger partial charge in [0.25, 0.3) is 5.88 Å². The number of pyridine rings is 3. The summed E-state index contributed by atoms with van der Waals surface area (Å²) in [6, 6.07) is 40.0. The summed E-state index contributed by atoms with van der Waals surface area (Å²) in [5.41, 5.74) is 5.72. The van der Waals surface area contributed by atoms with E-state index in [0.29, 0.717) is 29.1 Å². The Morgan fingerprint density at radius 3 is 1.40 bits per heavy atom. The van der Waals surface area contributed by atoms with E-state index in [1.807, 2.05) is 97.1 Å². The number of allylic oxidation sites excluding steroid dienone is 1. The van der Waals surface area contributed by atoms with Crippen molar-refractivity contribution in [2.75, 3.05) is 0 Å². The summed E-state index contributed by atoms with van der Waals surface area (Å²) < 4.78 is 37.9. The molecule has 10 nitrogen and oxygen atoms in total. The third-order valence-electron chi connectivity index (χ3n) is 7.34. The maximum absolute atomic E-state index is 6.63. The molecule has 1 aliphatic heterocycles. The van der Waals surface area contributed by atoms with Crippen LogP contribution >= 0.6 is 29.0 Å². The third kappa shape index (κ3) is 8.49. The molecule has 3 aromatic heterocycles. The molecule has 0 radical (unpaired) electrons. The van der Waals surface area contributed by atoms with Crippen molar-refractivity contribution in [3.63, 3.8) is 0 Å². The van der Waals surface area contributed by atoms with Crippen LogP contribution in [0.2, 0.25) is 0 Å². The zero-order valence-electron chi connectivity index (χ0n) is 27.6. The van der Waals surface area contributed by atoms with E-state index in [9.17, 15) is 0 Å². The fourth-order valence-corrected chi connectivity index (χ4v) is 8.21. The van der Waals surface area contributed by atoms with Crippen molar-refractivity contribution in [1.82, 2.24) is 15.0 Å². The van der Waals surface area contributed by atoms with Gasteiger partial charge in [-0.25, -0.2) is 19.9 Å². The smallest absolute Gasteiger partial charge is 0.407 e. The van der Waals surface area contributed by atoms with E-state index in [-0.39, 0.29) is 5.88 Å². The number of hydrogen-bond donors (Lipinski definition) is 0. The van der Waals surface area contributed by atoms with E-state index in [1.54, 1.807) is 55.1 Å². The monoisotopic (exact) mass is 752 g/mol. The fourth-order valence-electron chi connectivity index (χ4n) is 5.00. The molecule has 4 aromatic carbocycles. The molecule has 53 heavy (non-hydrogen) atoms. The number of benzene rings is 4. The zero-order chi connectivity index (χ0) is 35.7. The number of nitrogens with zero attached hydrogens (tertiary/aromatic N) is 4. The Labute approximate surface area is 311 Å². The Kier molecular flexibility index (Phi) is 10.5. The molecule has 7 aromatic rings. The van der Waals surface area contributed by atoms with Gasteiger partial charge in [-0.1, -0.05) is 96.4 Å². The fraction of sp³-hybridized carbons (Fsp3) is 0. The van der Waals surface area contributed by atoms with Crippen molar-refractivity contribution >= 4 is 56.7 Å². The van der Waals surface area contributed by atoms with Crippen molar-refractivity contribution in [3.8, 4) is 29.1 Å². The first-order valence-electron chi connectivity index (χ1n) is 16.1. The quantitative estimate of drug-likeness (QED) is 0.0787. The molecule has 0 spiro atoms. The highest BCUT2D eigenvalue weighted by atomic mass is 32.2. The van der Waals surface area contributed by atoms with E-state index >= 15 is 0 Å². The highest BCUT2D eigenvalue weighted by Gasteiger charge is 2.27. The van der Waals surface area contributed by atoms with Gasteiger partial charge in [-0.15, -0.1) is 0 Å². The molecule has 258 valence electrons. The minimum Gasteiger partial charge on any atom is -0.407 e. The van der Waals surface area contributed by atoms with E-state index in [2.05, 4.69) is 37.5 Å². The Morgan fingerprint density at radius 2 is 0.943 bits per heavy atom. The van der Waals surface area contributed by atoms with Gasteiger partial charge in [-0.3, -0.25) is 0 Å². The molecule has 4 heterocycles. The SMILES string of the molecule is C1=C=C(OP(Oc2ccccn2)Oc2ccc3ccccc3c2Sc2c(OP(Oc3ccccn3)Oc3ccccn3)ccc3ccccc23)N=CC=1. The highest BCUT2D eigenvalue weighted by molar-refractivity contribution is 8.00. The Bertz CT molecular complexity index is 2460. The molecule has 0 N–H and O–H groups in total. The van der Waals surface area contributed by atoms with Gasteiger partial charge in [-0.05, 0) is 57.6 Å². The molecule has 8 rings (SSSR count). The molecule has 0 fully saturated rings. The number of hydrogen-bond acceptors (Lipinski definition) is 11. The Morgan fingerprint density at radius 1 is 0.472 bits per heavy atom. The zero-order valence-corrected chi connectivity index (χ0v) is 30.2. The lowest BCUT2D eigenvalue weighted by atomic mass is 10.1. The van der Waals surface area contributed by atoms with Gasteiger partial charge in [-0.2, -0.15) is 0 Å². The van der Waals surface area contributed by atoms with Crippen LogP contribution in [0, 0.1) is 0 Å². The second-order valence-corrected chi connectivity index (χ2v) is 13.9. The van der Waals surface area contributed by atoms with Crippen LogP contribution in [0.1, 0.15) is 0 Å². The lowest BCUT2D eigenvalue weighted by molar-refractivity contribution is 0.324. The summed E-state index contributed by atoms with van der Waals surface area (Å²) in [4.78, 5) is 18.8.